The highest BCUT2D eigenvalue weighted by molar-refractivity contribution is 6.33. The van der Waals surface area contributed by atoms with E-state index < -0.39 is 4.92 Å². The van der Waals surface area contributed by atoms with Gasteiger partial charge in [0.05, 0.1) is 40.4 Å². The van der Waals surface area contributed by atoms with Crippen LogP contribution in [0.2, 0.25) is 5.02 Å². The van der Waals surface area contributed by atoms with Gasteiger partial charge in [0.25, 0.3) is 5.69 Å². The predicted octanol–water partition coefficient (Wildman–Crippen LogP) is 4.03. The summed E-state index contributed by atoms with van der Waals surface area (Å²) in [6.07, 6.45) is 2.00. The van der Waals surface area contributed by atoms with Gasteiger partial charge < -0.3 is 19.5 Å². The molecule has 2 aliphatic heterocycles. The lowest BCUT2D eigenvalue weighted by Crippen LogP contribution is -2.61. The fourth-order valence-corrected chi connectivity index (χ4v) is 5.12. The normalized spacial score (nSPS) is 19.5. The number of hydrogen-bond donors (Lipinski definition) is 1. The molecule has 2 atom stereocenters. The lowest BCUT2D eigenvalue weighted by atomic mass is 9.83. The van der Waals surface area contributed by atoms with Crippen molar-refractivity contribution in [3.63, 3.8) is 0 Å². The zero-order valence-electron chi connectivity index (χ0n) is 17.8. The van der Waals surface area contributed by atoms with Crippen LogP contribution in [0.5, 0.6) is 0 Å². The Morgan fingerprint density at radius 1 is 1.15 bits per heavy atom. The van der Waals surface area contributed by atoms with E-state index in [4.69, 9.17) is 16.0 Å². The average molecular weight is 467 g/mol. The minimum Gasteiger partial charge on any atom is -0.467 e. The van der Waals surface area contributed by atoms with Gasteiger partial charge in [0, 0.05) is 37.5 Å². The molecule has 8 nitrogen and oxygen atoms in total. The molecule has 0 saturated carbocycles. The van der Waals surface area contributed by atoms with Crippen molar-refractivity contribution in [2.24, 2.45) is 5.92 Å². The summed E-state index contributed by atoms with van der Waals surface area (Å²) in [6, 6.07) is 16.1. The first-order valence-corrected chi connectivity index (χ1v) is 11.2. The third-order valence-corrected chi connectivity index (χ3v) is 6.77. The maximum Gasteiger partial charge on any atom is 0.269 e. The second-order valence-electron chi connectivity index (χ2n) is 8.34. The first-order chi connectivity index (χ1) is 16.0. The largest absolute Gasteiger partial charge is 0.467 e. The summed E-state index contributed by atoms with van der Waals surface area (Å²) in [5.74, 6) is 0.202. The predicted molar refractivity (Wildman–Crippen MR) is 126 cm³/mol. The number of amides is 1. The number of carbonyl (C=O) groups is 1. The highest BCUT2D eigenvalue weighted by atomic mass is 35.5. The van der Waals surface area contributed by atoms with Gasteiger partial charge in [-0.2, -0.15) is 0 Å². The molecule has 33 heavy (non-hydrogen) atoms. The Morgan fingerprint density at radius 3 is 2.76 bits per heavy atom. The number of anilines is 2. The molecule has 0 spiro atoms. The average Bonchev–Trinajstić information content (AvgIpc) is 3.35. The summed E-state index contributed by atoms with van der Waals surface area (Å²) in [7, 11) is 0. The SMILES string of the molecule is O=C(NCc1ccco1)[C@H]1Cc2cc([N+](=O)[O-])ccc2N2CCN(c3ccccc3Cl)C[C@@H]12. The molecule has 9 heteroatoms. The quantitative estimate of drug-likeness (QED) is 0.451. The van der Waals surface area contributed by atoms with Crippen molar-refractivity contribution in [1.29, 1.82) is 0 Å². The van der Waals surface area contributed by atoms with Gasteiger partial charge in [0.2, 0.25) is 5.91 Å². The molecule has 5 rings (SSSR count). The molecule has 0 bridgehead atoms. The first-order valence-electron chi connectivity index (χ1n) is 10.8. The maximum absolute atomic E-state index is 13.3. The Bertz CT molecular complexity index is 1180. The standard InChI is InChI=1S/C24H23ClN4O4/c25-20-5-1-2-6-22(20)27-9-10-28-21-8-7-17(29(31)32)12-16(21)13-19(23(28)15-27)24(30)26-14-18-4-3-11-33-18/h1-8,11-12,19,23H,9-10,13-15H2,(H,26,30)/t19-,23-/m0/s1. The summed E-state index contributed by atoms with van der Waals surface area (Å²) >= 11 is 6.46. The van der Waals surface area contributed by atoms with E-state index >= 15 is 0 Å². The maximum atomic E-state index is 13.3. The van der Waals surface area contributed by atoms with E-state index in [1.54, 1.807) is 18.4 Å². The minimum atomic E-state index is -0.395. The Morgan fingerprint density at radius 2 is 2.00 bits per heavy atom. The molecule has 2 aliphatic rings. The molecule has 3 heterocycles. The van der Waals surface area contributed by atoms with Crippen LogP contribution in [0, 0.1) is 16.0 Å². The van der Waals surface area contributed by atoms with Crippen LogP contribution in [0.1, 0.15) is 11.3 Å². The number of nitro benzene ring substituents is 1. The molecule has 1 amide bonds. The van der Waals surface area contributed by atoms with Crippen molar-refractivity contribution >= 4 is 34.6 Å². The zero-order chi connectivity index (χ0) is 22.9. The van der Waals surface area contributed by atoms with Crippen LogP contribution in [0.15, 0.2) is 65.3 Å². The molecule has 0 aliphatic carbocycles. The fourth-order valence-electron chi connectivity index (χ4n) is 4.87. The number of fused-ring (bicyclic) bond motifs is 3. The van der Waals surface area contributed by atoms with Crippen LogP contribution < -0.4 is 15.1 Å². The molecule has 1 aromatic heterocycles. The molecule has 1 saturated heterocycles. The number of benzene rings is 2. The summed E-state index contributed by atoms with van der Waals surface area (Å²) in [4.78, 5) is 28.7. The van der Waals surface area contributed by atoms with Crippen LogP contribution in [-0.2, 0) is 17.8 Å². The monoisotopic (exact) mass is 466 g/mol. The fraction of sp³-hybridized carbons (Fsp3) is 0.292. The molecule has 0 unspecified atom stereocenters. The van der Waals surface area contributed by atoms with Gasteiger partial charge in [-0.05, 0) is 42.3 Å². The van der Waals surface area contributed by atoms with Gasteiger partial charge in [-0.3, -0.25) is 14.9 Å². The number of non-ortho nitro benzene ring substituents is 1. The highest BCUT2D eigenvalue weighted by Gasteiger charge is 2.42. The van der Waals surface area contributed by atoms with Crippen molar-refractivity contribution in [3.05, 3.63) is 87.3 Å². The van der Waals surface area contributed by atoms with Gasteiger partial charge >= 0.3 is 0 Å². The van der Waals surface area contributed by atoms with E-state index in [1.165, 1.54) is 6.07 Å². The topological polar surface area (TPSA) is 91.9 Å². The lowest BCUT2D eigenvalue weighted by molar-refractivity contribution is -0.384. The molecule has 1 fully saturated rings. The Labute approximate surface area is 195 Å². The second kappa shape index (κ2) is 8.78. The summed E-state index contributed by atoms with van der Waals surface area (Å²) in [5.41, 5.74) is 2.77. The van der Waals surface area contributed by atoms with Crippen LogP contribution in [0.25, 0.3) is 0 Å². The van der Waals surface area contributed by atoms with Crippen LogP contribution in [-0.4, -0.2) is 36.5 Å². The van der Waals surface area contributed by atoms with Crippen molar-refractivity contribution in [3.8, 4) is 0 Å². The number of furan rings is 1. The lowest BCUT2D eigenvalue weighted by Gasteiger charge is -2.49. The zero-order valence-corrected chi connectivity index (χ0v) is 18.6. The number of rotatable bonds is 5. The highest BCUT2D eigenvalue weighted by Crippen LogP contribution is 2.39. The number of para-hydroxylation sites is 1. The molecule has 3 aromatic rings. The Hall–Kier alpha value is -3.52. The van der Waals surface area contributed by atoms with Crippen LogP contribution in [0.3, 0.4) is 0 Å². The van der Waals surface area contributed by atoms with E-state index in [1.807, 2.05) is 36.4 Å². The second-order valence-corrected chi connectivity index (χ2v) is 8.74. The van der Waals surface area contributed by atoms with E-state index in [9.17, 15) is 14.9 Å². The van der Waals surface area contributed by atoms with E-state index in [0.717, 1.165) is 23.5 Å². The number of nitrogens with zero attached hydrogens (tertiary/aromatic N) is 3. The summed E-state index contributed by atoms with van der Waals surface area (Å²) in [6.45, 7) is 2.34. The van der Waals surface area contributed by atoms with Gasteiger partial charge in [0.1, 0.15) is 5.76 Å². The molecule has 1 N–H and O–H groups in total. The number of carbonyl (C=O) groups excluding carboxylic acids is 1. The van der Waals surface area contributed by atoms with Gasteiger partial charge in [-0.15, -0.1) is 0 Å². The number of hydrogen-bond acceptors (Lipinski definition) is 6. The van der Waals surface area contributed by atoms with Gasteiger partial charge in [0.15, 0.2) is 0 Å². The van der Waals surface area contributed by atoms with Gasteiger partial charge in [-0.25, -0.2) is 0 Å². The summed E-state index contributed by atoms with van der Waals surface area (Å²) in [5, 5.41) is 15.0. The summed E-state index contributed by atoms with van der Waals surface area (Å²) < 4.78 is 5.34. The third-order valence-electron chi connectivity index (χ3n) is 6.45. The Kier molecular flexibility index (Phi) is 5.68. The van der Waals surface area contributed by atoms with Gasteiger partial charge in [-0.1, -0.05) is 23.7 Å². The smallest absolute Gasteiger partial charge is 0.269 e. The number of nitrogens with one attached hydrogen (secondary N) is 1. The first kappa shape index (κ1) is 21.3. The van der Waals surface area contributed by atoms with Crippen molar-refractivity contribution in [1.82, 2.24) is 5.32 Å². The minimum absolute atomic E-state index is 0.0386. The van der Waals surface area contributed by atoms with Crippen molar-refractivity contribution in [2.45, 2.75) is 19.0 Å². The van der Waals surface area contributed by atoms with E-state index in [0.29, 0.717) is 36.8 Å². The van der Waals surface area contributed by atoms with Crippen LogP contribution >= 0.6 is 11.6 Å². The van der Waals surface area contributed by atoms with E-state index in [-0.39, 0.29) is 23.6 Å². The van der Waals surface area contributed by atoms with Crippen LogP contribution in [0.4, 0.5) is 17.1 Å². The van der Waals surface area contributed by atoms with Crippen molar-refractivity contribution < 1.29 is 14.1 Å². The third kappa shape index (κ3) is 4.14. The molecule has 170 valence electrons. The number of nitro groups is 1. The molecular formula is C24H23ClN4O4. The molecule has 0 radical (unpaired) electrons. The molecule has 2 aromatic carbocycles. The Balaban J connectivity index is 1.46. The number of piperazine rings is 1. The van der Waals surface area contributed by atoms with E-state index in [2.05, 4.69) is 15.1 Å². The number of halogens is 1. The molecular weight excluding hydrogens is 444 g/mol. The van der Waals surface area contributed by atoms with Crippen molar-refractivity contribution in [2.75, 3.05) is 29.4 Å².